The number of anilines is 1. The largest absolute Gasteiger partial charge is 0.497 e. The van der Waals surface area contributed by atoms with Gasteiger partial charge in [-0.15, -0.1) is 0 Å². The van der Waals surface area contributed by atoms with Gasteiger partial charge < -0.3 is 10.1 Å². The van der Waals surface area contributed by atoms with Crippen molar-refractivity contribution >= 4 is 21.6 Å². The molecule has 0 aliphatic heterocycles. The number of rotatable bonds is 8. The summed E-state index contributed by atoms with van der Waals surface area (Å²) >= 11 is 0. The number of hydrogen-bond donors (Lipinski definition) is 1. The van der Waals surface area contributed by atoms with Crippen LogP contribution in [0.1, 0.15) is 29.2 Å². The lowest BCUT2D eigenvalue weighted by molar-refractivity contribution is -0.117. The van der Waals surface area contributed by atoms with Gasteiger partial charge in [0.05, 0.1) is 18.0 Å². The molecule has 168 valence electrons. The predicted molar refractivity (Wildman–Crippen MR) is 126 cm³/mol. The monoisotopic (exact) mass is 452 g/mol. The summed E-state index contributed by atoms with van der Waals surface area (Å²) in [6.45, 7) is 3.87. The number of sulfonamides is 1. The molecule has 0 saturated heterocycles. The van der Waals surface area contributed by atoms with Crippen LogP contribution in [0.2, 0.25) is 0 Å². The quantitative estimate of drug-likeness (QED) is 0.537. The summed E-state index contributed by atoms with van der Waals surface area (Å²) in [5.74, 6) is 0.385. The summed E-state index contributed by atoms with van der Waals surface area (Å²) in [4.78, 5) is 13.2. The Hall–Kier alpha value is -3.16. The first kappa shape index (κ1) is 23.5. The molecule has 0 spiro atoms. The number of hydrogen-bond acceptors (Lipinski definition) is 4. The Morgan fingerprint density at radius 3 is 2.28 bits per heavy atom. The van der Waals surface area contributed by atoms with Crippen molar-refractivity contribution in [2.45, 2.75) is 31.2 Å². The van der Waals surface area contributed by atoms with E-state index in [1.165, 1.54) is 11.4 Å². The zero-order chi connectivity index (χ0) is 23.3. The van der Waals surface area contributed by atoms with Gasteiger partial charge in [0, 0.05) is 19.2 Å². The number of aryl methyl sites for hydroxylation is 2. The van der Waals surface area contributed by atoms with E-state index in [0.29, 0.717) is 11.3 Å². The van der Waals surface area contributed by atoms with Gasteiger partial charge in [-0.1, -0.05) is 42.5 Å². The number of carbonyl (C=O) groups excluding carboxylic acids is 1. The minimum Gasteiger partial charge on any atom is -0.497 e. The minimum absolute atomic E-state index is 0.0394. The summed E-state index contributed by atoms with van der Waals surface area (Å²) in [5, 5.41) is 2.93. The van der Waals surface area contributed by atoms with Gasteiger partial charge in [0.2, 0.25) is 15.9 Å². The van der Waals surface area contributed by atoms with Crippen LogP contribution in [0.4, 0.5) is 5.69 Å². The SMILES string of the molecule is COc1ccc([C@@H](CC(=O)Nc2cc(C)ccc2C)N(C)S(=O)(=O)c2ccccc2)cc1. The average molecular weight is 453 g/mol. The van der Waals surface area contributed by atoms with Crippen molar-refractivity contribution in [1.82, 2.24) is 4.31 Å². The molecule has 1 amide bonds. The lowest BCUT2D eigenvalue weighted by Gasteiger charge is -2.28. The number of benzene rings is 3. The van der Waals surface area contributed by atoms with Gasteiger partial charge in [-0.3, -0.25) is 4.79 Å². The fraction of sp³-hybridized carbons (Fsp3) is 0.240. The molecule has 1 N–H and O–H groups in total. The maximum Gasteiger partial charge on any atom is 0.243 e. The second kappa shape index (κ2) is 9.97. The zero-order valence-electron chi connectivity index (χ0n) is 18.7. The number of carbonyl (C=O) groups is 1. The number of nitrogens with one attached hydrogen (secondary N) is 1. The Bertz CT molecular complexity index is 1180. The third-order valence-corrected chi connectivity index (χ3v) is 7.29. The lowest BCUT2D eigenvalue weighted by Crippen LogP contribution is -2.34. The van der Waals surface area contributed by atoms with E-state index in [4.69, 9.17) is 4.74 Å². The van der Waals surface area contributed by atoms with E-state index >= 15 is 0 Å². The average Bonchev–Trinajstić information content (AvgIpc) is 2.80. The van der Waals surface area contributed by atoms with Crippen LogP contribution in [-0.4, -0.2) is 32.8 Å². The van der Waals surface area contributed by atoms with Crippen molar-refractivity contribution in [3.63, 3.8) is 0 Å². The van der Waals surface area contributed by atoms with Crippen molar-refractivity contribution in [2.24, 2.45) is 0 Å². The molecule has 0 aliphatic rings. The van der Waals surface area contributed by atoms with Crippen LogP contribution in [0.25, 0.3) is 0 Å². The molecule has 0 aromatic heterocycles. The molecule has 0 bridgehead atoms. The van der Waals surface area contributed by atoms with E-state index in [2.05, 4.69) is 5.32 Å². The Kier molecular flexibility index (Phi) is 7.33. The van der Waals surface area contributed by atoms with Gasteiger partial charge in [0.1, 0.15) is 5.75 Å². The van der Waals surface area contributed by atoms with E-state index in [1.54, 1.807) is 61.7 Å². The first-order valence-electron chi connectivity index (χ1n) is 10.3. The first-order chi connectivity index (χ1) is 15.2. The lowest BCUT2D eigenvalue weighted by atomic mass is 10.0. The number of nitrogens with zero attached hydrogens (tertiary/aromatic N) is 1. The summed E-state index contributed by atoms with van der Waals surface area (Å²) in [6.07, 6.45) is -0.0394. The van der Waals surface area contributed by atoms with Crippen LogP contribution in [0.15, 0.2) is 77.7 Å². The van der Waals surface area contributed by atoms with Crippen LogP contribution in [0.3, 0.4) is 0 Å². The Morgan fingerprint density at radius 2 is 1.66 bits per heavy atom. The van der Waals surface area contributed by atoms with Crippen molar-refractivity contribution < 1.29 is 17.9 Å². The van der Waals surface area contributed by atoms with E-state index in [0.717, 1.165) is 16.8 Å². The predicted octanol–water partition coefficient (Wildman–Crippen LogP) is 4.70. The summed E-state index contributed by atoms with van der Waals surface area (Å²) in [7, 11) is -0.745. The summed E-state index contributed by atoms with van der Waals surface area (Å²) < 4.78 is 33.0. The first-order valence-corrected chi connectivity index (χ1v) is 11.7. The van der Waals surface area contributed by atoms with Crippen molar-refractivity contribution in [3.05, 3.63) is 89.5 Å². The Balaban J connectivity index is 1.93. The molecule has 6 nitrogen and oxygen atoms in total. The van der Waals surface area contributed by atoms with Gasteiger partial charge in [-0.2, -0.15) is 4.31 Å². The van der Waals surface area contributed by atoms with E-state index < -0.39 is 16.1 Å². The fourth-order valence-electron chi connectivity index (χ4n) is 3.46. The Labute approximate surface area is 189 Å². The highest BCUT2D eigenvalue weighted by molar-refractivity contribution is 7.89. The molecule has 0 heterocycles. The van der Waals surface area contributed by atoms with Crippen LogP contribution < -0.4 is 10.1 Å². The molecule has 32 heavy (non-hydrogen) atoms. The highest BCUT2D eigenvalue weighted by atomic mass is 32.2. The molecular formula is C25H28N2O4S. The Morgan fingerprint density at radius 1 is 1.00 bits per heavy atom. The van der Waals surface area contributed by atoms with Crippen LogP contribution in [0.5, 0.6) is 5.75 Å². The van der Waals surface area contributed by atoms with Crippen molar-refractivity contribution in [1.29, 1.82) is 0 Å². The summed E-state index contributed by atoms with van der Waals surface area (Å²) in [6, 6.07) is 20.4. The molecule has 0 unspecified atom stereocenters. The third kappa shape index (κ3) is 5.36. The fourth-order valence-corrected chi connectivity index (χ4v) is 4.82. The molecule has 0 radical (unpaired) electrons. The van der Waals surface area contributed by atoms with Gasteiger partial charge in [-0.05, 0) is 60.9 Å². The zero-order valence-corrected chi connectivity index (χ0v) is 19.5. The number of ether oxygens (including phenoxy) is 1. The van der Waals surface area contributed by atoms with Crippen LogP contribution in [-0.2, 0) is 14.8 Å². The molecule has 3 aromatic carbocycles. The summed E-state index contributed by atoms with van der Waals surface area (Å²) in [5.41, 5.74) is 3.39. The minimum atomic E-state index is -3.81. The molecule has 0 saturated carbocycles. The topological polar surface area (TPSA) is 75.7 Å². The maximum absolute atomic E-state index is 13.3. The van der Waals surface area contributed by atoms with E-state index in [9.17, 15) is 13.2 Å². The highest BCUT2D eigenvalue weighted by Gasteiger charge is 2.31. The highest BCUT2D eigenvalue weighted by Crippen LogP contribution is 2.30. The standard InChI is InChI=1S/C25H28N2O4S/c1-18-10-11-19(2)23(16-18)26-25(28)17-24(20-12-14-21(31-4)15-13-20)27(3)32(29,30)22-8-6-5-7-9-22/h5-16,24H,17H2,1-4H3,(H,26,28)/t24-/m1/s1. The molecule has 3 aromatic rings. The molecule has 1 atom stereocenters. The van der Waals surface area contributed by atoms with Gasteiger partial charge in [0.15, 0.2) is 0 Å². The van der Waals surface area contributed by atoms with Crippen LogP contribution in [0, 0.1) is 13.8 Å². The maximum atomic E-state index is 13.3. The second-order valence-corrected chi connectivity index (χ2v) is 9.69. The van der Waals surface area contributed by atoms with Gasteiger partial charge in [-0.25, -0.2) is 8.42 Å². The van der Waals surface area contributed by atoms with Crippen molar-refractivity contribution in [2.75, 3.05) is 19.5 Å². The smallest absolute Gasteiger partial charge is 0.243 e. The third-order valence-electron chi connectivity index (χ3n) is 5.41. The normalized spacial score (nSPS) is 12.4. The van der Waals surface area contributed by atoms with Crippen molar-refractivity contribution in [3.8, 4) is 5.75 Å². The second-order valence-electron chi connectivity index (χ2n) is 7.69. The molecule has 0 fully saturated rings. The van der Waals surface area contributed by atoms with Crippen LogP contribution >= 0.6 is 0 Å². The number of amides is 1. The number of methoxy groups -OCH3 is 1. The van der Waals surface area contributed by atoms with Gasteiger partial charge in [0.25, 0.3) is 0 Å². The molecule has 3 rings (SSSR count). The molecule has 0 aliphatic carbocycles. The molecule has 7 heteroatoms. The molecular weight excluding hydrogens is 424 g/mol. The van der Waals surface area contributed by atoms with E-state index in [-0.39, 0.29) is 17.2 Å². The van der Waals surface area contributed by atoms with E-state index in [1.807, 2.05) is 32.0 Å². The van der Waals surface area contributed by atoms with Gasteiger partial charge >= 0.3 is 0 Å².